The SMILES string of the molecule is Cc1nc(-c2ccc(F)cc2)sc1C(=O)N(C)CC(=O)Nc1cccc(Cl)c1. The Morgan fingerprint density at radius 3 is 2.61 bits per heavy atom. The van der Waals surface area contributed by atoms with Crippen LogP contribution in [-0.4, -0.2) is 35.3 Å². The molecule has 0 radical (unpaired) electrons. The predicted octanol–water partition coefficient (Wildman–Crippen LogP) is 4.62. The third kappa shape index (κ3) is 4.74. The molecule has 0 unspecified atom stereocenters. The number of amides is 2. The first kappa shape index (κ1) is 20.0. The second-order valence-electron chi connectivity index (χ2n) is 6.16. The Morgan fingerprint density at radius 1 is 1.21 bits per heavy atom. The Hall–Kier alpha value is -2.77. The second kappa shape index (κ2) is 8.50. The number of nitrogens with zero attached hydrogens (tertiary/aromatic N) is 2. The van der Waals surface area contributed by atoms with E-state index in [2.05, 4.69) is 10.3 Å². The highest BCUT2D eigenvalue weighted by molar-refractivity contribution is 7.17. The van der Waals surface area contributed by atoms with E-state index in [-0.39, 0.29) is 24.2 Å². The number of carbonyl (C=O) groups excluding carboxylic acids is 2. The summed E-state index contributed by atoms with van der Waals surface area (Å²) in [4.78, 5) is 31.1. The summed E-state index contributed by atoms with van der Waals surface area (Å²) < 4.78 is 13.1. The van der Waals surface area contributed by atoms with Crippen LogP contribution in [0.4, 0.5) is 10.1 Å². The van der Waals surface area contributed by atoms with Crippen LogP contribution >= 0.6 is 22.9 Å². The Bertz CT molecular complexity index is 1020. The molecular weight excluding hydrogens is 401 g/mol. The fourth-order valence-corrected chi connectivity index (χ4v) is 3.79. The van der Waals surface area contributed by atoms with E-state index in [9.17, 15) is 14.0 Å². The predicted molar refractivity (Wildman–Crippen MR) is 109 cm³/mol. The summed E-state index contributed by atoms with van der Waals surface area (Å²) >= 11 is 7.12. The molecule has 2 amide bonds. The molecule has 0 aliphatic rings. The van der Waals surface area contributed by atoms with E-state index in [0.29, 0.717) is 26.3 Å². The molecule has 28 heavy (non-hydrogen) atoms. The molecule has 8 heteroatoms. The zero-order valence-electron chi connectivity index (χ0n) is 15.2. The number of carbonyl (C=O) groups is 2. The summed E-state index contributed by atoms with van der Waals surface area (Å²) in [5.41, 5.74) is 1.86. The molecule has 0 aliphatic carbocycles. The van der Waals surface area contributed by atoms with Gasteiger partial charge in [0.05, 0.1) is 12.2 Å². The lowest BCUT2D eigenvalue weighted by atomic mass is 10.2. The van der Waals surface area contributed by atoms with Crippen LogP contribution < -0.4 is 5.32 Å². The average molecular weight is 418 g/mol. The summed E-state index contributed by atoms with van der Waals surface area (Å²) in [6.45, 7) is 1.62. The van der Waals surface area contributed by atoms with Gasteiger partial charge in [-0.3, -0.25) is 9.59 Å². The van der Waals surface area contributed by atoms with Gasteiger partial charge in [0.2, 0.25) is 5.91 Å². The highest BCUT2D eigenvalue weighted by Crippen LogP contribution is 2.28. The Labute approximate surface area is 170 Å². The zero-order valence-corrected chi connectivity index (χ0v) is 16.8. The lowest BCUT2D eigenvalue weighted by molar-refractivity contribution is -0.116. The normalized spacial score (nSPS) is 10.6. The molecule has 3 rings (SSSR count). The van der Waals surface area contributed by atoms with Gasteiger partial charge < -0.3 is 10.2 Å². The molecule has 0 fully saturated rings. The van der Waals surface area contributed by atoms with Crippen molar-refractivity contribution in [3.8, 4) is 10.6 Å². The minimum atomic E-state index is -0.334. The van der Waals surface area contributed by atoms with Crippen LogP contribution in [0.3, 0.4) is 0 Å². The first-order valence-electron chi connectivity index (χ1n) is 8.38. The molecule has 1 heterocycles. The van der Waals surface area contributed by atoms with Crippen molar-refractivity contribution in [2.75, 3.05) is 18.9 Å². The molecule has 0 saturated heterocycles. The van der Waals surface area contributed by atoms with Gasteiger partial charge in [0.25, 0.3) is 5.91 Å². The van der Waals surface area contributed by atoms with Crippen LogP contribution in [0.15, 0.2) is 48.5 Å². The number of aryl methyl sites for hydroxylation is 1. The van der Waals surface area contributed by atoms with Crippen molar-refractivity contribution >= 4 is 40.4 Å². The molecule has 2 aromatic carbocycles. The van der Waals surface area contributed by atoms with E-state index < -0.39 is 0 Å². The number of aromatic nitrogens is 1. The molecule has 0 atom stereocenters. The molecule has 0 saturated carbocycles. The number of likely N-dealkylation sites (N-methyl/N-ethyl adjacent to an activating group) is 1. The van der Waals surface area contributed by atoms with Crippen LogP contribution in [0.1, 0.15) is 15.4 Å². The molecule has 0 aliphatic heterocycles. The average Bonchev–Trinajstić information content (AvgIpc) is 3.03. The van der Waals surface area contributed by atoms with Crippen LogP contribution in [0.25, 0.3) is 10.6 Å². The minimum absolute atomic E-state index is 0.116. The smallest absolute Gasteiger partial charge is 0.266 e. The number of anilines is 1. The largest absolute Gasteiger partial charge is 0.332 e. The topological polar surface area (TPSA) is 62.3 Å². The molecule has 1 N–H and O–H groups in total. The number of nitrogens with one attached hydrogen (secondary N) is 1. The Morgan fingerprint density at radius 2 is 1.93 bits per heavy atom. The Balaban J connectivity index is 1.69. The fraction of sp³-hybridized carbons (Fsp3) is 0.150. The van der Waals surface area contributed by atoms with Gasteiger partial charge in [0.15, 0.2) is 0 Å². The van der Waals surface area contributed by atoms with Gasteiger partial charge in [0.1, 0.15) is 15.7 Å². The number of rotatable bonds is 5. The van der Waals surface area contributed by atoms with E-state index in [4.69, 9.17) is 11.6 Å². The van der Waals surface area contributed by atoms with Gasteiger partial charge in [-0.15, -0.1) is 11.3 Å². The maximum absolute atomic E-state index is 13.1. The van der Waals surface area contributed by atoms with E-state index in [1.165, 1.54) is 28.4 Å². The lowest BCUT2D eigenvalue weighted by Gasteiger charge is -2.16. The third-order valence-corrected chi connectivity index (χ3v) is 5.35. The van der Waals surface area contributed by atoms with Gasteiger partial charge in [-0.2, -0.15) is 0 Å². The first-order chi connectivity index (χ1) is 13.3. The standard InChI is InChI=1S/C20H17ClFN3O2S/c1-12-18(28-19(23-12)13-6-8-15(22)9-7-13)20(27)25(2)11-17(26)24-16-5-3-4-14(21)10-16/h3-10H,11H2,1-2H3,(H,24,26). The second-order valence-corrected chi connectivity index (χ2v) is 7.60. The fourth-order valence-electron chi connectivity index (χ4n) is 2.54. The molecule has 3 aromatic rings. The summed E-state index contributed by atoms with van der Waals surface area (Å²) in [5.74, 6) is -0.970. The summed E-state index contributed by atoms with van der Waals surface area (Å²) in [5, 5.41) is 3.84. The van der Waals surface area contributed by atoms with E-state index in [0.717, 1.165) is 5.56 Å². The van der Waals surface area contributed by atoms with Crippen LogP contribution in [-0.2, 0) is 4.79 Å². The summed E-state index contributed by atoms with van der Waals surface area (Å²) in [7, 11) is 1.55. The van der Waals surface area contributed by atoms with Crippen molar-refractivity contribution in [2.45, 2.75) is 6.92 Å². The third-order valence-electron chi connectivity index (χ3n) is 3.92. The number of benzene rings is 2. The van der Waals surface area contributed by atoms with Crippen molar-refractivity contribution < 1.29 is 14.0 Å². The van der Waals surface area contributed by atoms with Crippen LogP contribution in [0, 0.1) is 12.7 Å². The highest BCUT2D eigenvalue weighted by Gasteiger charge is 2.21. The maximum atomic E-state index is 13.1. The van der Waals surface area contributed by atoms with Gasteiger partial charge in [-0.25, -0.2) is 9.37 Å². The van der Waals surface area contributed by atoms with Crippen molar-refractivity contribution in [1.82, 2.24) is 9.88 Å². The van der Waals surface area contributed by atoms with E-state index in [1.807, 2.05) is 0 Å². The summed E-state index contributed by atoms with van der Waals surface area (Å²) in [6.07, 6.45) is 0. The number of hydrogen-bond donors (Lipinski definition) is 1. The molecule has 5 nitrogen and oxygen atoms in total. The first-order valence-corrected chi connectivity index (χ1v) is 9.57. The monoisotopic (exact) mass is 417 g/mol. The van der Waals surface area contributed by atoms with Crippen molar-refractivity contribution in [3.63, 3.8) is 0 Å². The van der Waals surface area contributed by atoms with Gasteiger partial charge in [-0.05, 0) is 49.4 Å². The van der Waals surface area contributed by atoms with Gasteiger partial charge >= 0.3 is 0 Å². The summed E-state index contributed by atoms with van der Waals surface area (Å²) in [6, 6.07) is 12.7. The van der Waals surface area contributed by atoms with Gasteiger partial charge in [-0.1, -0.05) is 17.7 Å². The quantitative estimate of drug-likeness (QED) is 0.658. The molecule has 0 bridgehead atoms. The van der Waals surface area contributed by atoms with Crippen molar-refractivity contribution in [2.24, 2.45) is 0 Å². The van der Waals surface area contributed by atoms with E-state index >= 15 is 0 Å². The molecule has 144 valence electrons. The highest BCUT2D eigenvalue weighted by atomic mass is 35.5. The minimum Gasteiger partial charge on any atom is -0.332 e. The molecule has 0 spiro atoms. The number of thiazole rings is 1. The van der Waals surface area contributed by atoms with Crippen molar-refractivity contribution in [3.05, 3.63) is 69.9 Å². The van der Waals surface area contributed by atoms with Gasteiger partial charge in [0, 0.05) is 23.3 Å². The number of hydrogen-bond acceptors (Lipinski definition) is 4. The van der Waals surface area contributed by atoms with Crippen LogP contribution in [0.5, 0.6) is 0 Å². The lowest BCUT2D eigenvalue weighted by Crippen LogP contribution is -2.34. The Kier molecular flexibility index (Phi) is 6.06. The van der Waals surface area contributed by atoms with Crippen LogP contribution in [0.2, 0.25) is 5.02 Å². The maximum Gasteiger partial charge on any atom is 0.266 e. The molecule has 1 aromatic heterocycles. The zero-order chi connectivity index (χ0) is 20.3. The number of halogens is 2. The van der Waals surface area contributed by atoms with E-state index in [1.54, 1.807) is 50.4 Å². The molecular formula is C20H17ClFN3O2S. The van der Waals surface area contributed by atoms with Crippen molar-refractivity contribution in [1.29, 1.82) is 0 Å².